The van der Waals surface area contributed by atoms with Crippen molar-refractivity contribution in [2.45, 2.75) is 0 Å². The van der Waals surface area contributed by atoms with Crippen molar-refractivity contribution < 1.29 is 71.1 Å². The predicted molar refractivity (Wildman–Crippen MR) is 7.37 cm³/mol. The Balaban J connectivity index is 0. The molecule has 0 bridgehead atoms. The SMILES string of the molecule is [F-].[S-2].[Yb+3].[Zn+2]. The third-order valence-corrected chi connectivity index (χ3v) is 0. The zero-order valence-electron chi connectivity index (χ0n) is 1.76. The maximum atomic E-state index is 0. The molecule has 0 amide bonds. The van der Waals surface area contributed by atoms with Gasteiger partial charge in [0, 0.05) is 0 Å². The Morgan fingerprint density at radius 1 is 1.00 bits per heavy atom. The molecule has 0 rings (SSSR count). The van der Waals surface area contributed by atoms with Crippen molar-refractivity contribution in [3.05, 3.63) is 0 Å². The predicted octanol–water partition coefficient (Wildman–Crippen LogP) is -3.00. The molecular formula is FSYbZn+2. The van der Waals surface area contributed by atoms with E-state index in [9.17, 15) is 0 Å². The molecule has 0 aliphatic rings. The van der Waals surface area contributed by atoms with Crippen LogP contribution in [0.25, 0.3) is 0 Å². The summed E-state index contributed by atoms with van der Waals surface area (Å²) < 4.78 is 0. The fourth-order valence-electron chi connectivity index (χ4n) is 0. The van der Waals surface area contributed by atoms with Crippen LogP contribution in [0.2, 0.25) is 0 Å². The molecule has 0 aliphatic carbocycles. The standard InChI is InChI=1S/FH.S.Yb.Zn/h1H;;;/q;-2;+3;+2/p-1. The van der Waals surface area contributed by atoms with Gasteiger partial charge in [-0.2, -0.15) is 0 Å². The Labute approximate surface area is 82.9 Å². The van der Waals surface area contributed by atoms with E-state index in [4.69, 9.17) is 0 Å². The van der Waals surface area contributed by atoms with Crippen LogP contribution in [0.3, 0.4) is 0 Å². The molecule has 0 atom stereocenters. The normalized spacial score (nSPS) is 0. The summed E-state index contributed by atoms with van der Waals surface area (Å²) in [6.07, 6.45) is 0. The first-order valence-corrected chi connectivity index (χ1v) is 0. The van der Waals surface area contributed by atoms with Crippen molar-refractivity contribution in [3.63, 3.8) is 0 Å². The van der Waals surface area contributed by atoms with Gasteiger partial charge in [0.2, 0.25) is 0 Å². The van der Waals surface area contributed by atoms with E-state index in [1.807, 2.05) is 0 Å². The van der Waals surface area contributed by atoms with Crippen molar-refractivity contribution in [1.82, 2.24) is 0 Å². The summed E-state index contributed by atoms with van der Waals surface area (Å²) in [6.45, 7) is 0. The minimum atomic E-state index is 0. The van der Waals surface area contributed by atoms with Gasteiger partial charge in [0.25, 0.3) is 0 Å². The summed E-state index contributed by atoms with van der Waals surface area (Å²) in [4.78, 5) is 0. The number of rotatable bonds is 0. The van der Waals surface area contributed by atoms with E-state index in [2.05, 4.69) is 0 Å². The summed E-state index contributed by atoms with van der Waals surface area (Å²) >= 11 is 0. The summed E-state index contributed by atoms with van der Waals surface area (Å²) in [6, 6.07) is 0. The van der Waals surface area contributed by atoms with Crippen LogP contribution >= 0.6 is 0 Å². The van der Waals surface area contributed by atoms with Gasteiger partial charge in [0.1, 0.15) is 0 Å². The zero-order valence-corrected chi connectivity index (χ0v) is 7.26. The third kappa shape index (κ3) is 8.83. The summed E-state index contributed by atoms with van der Waals surface area (Å²) in [5.41, 5.74) is 0. The number of hydrogen-bond acceptors (Lipinski definition) is 0. The molecular weight excluding hydrogens is 289 g/mol. The first kappa shape index (κ1) is 32.2. The molecule has 1 radical (unpaired) electrons. The van der Waals surface area contributed by atoms with Gasteiger partial charge < -0.3 is 18.2 Å². The average Bonchev–Trinajstić information content (AvgIpc) is 0. The molecule has 0 aliphatic heterocycles. The smallest absolute Gasteiger partial charge is 2.00 e. The molecule has 0 aromatic rings. The van der Waals surface area contributed by atoms with Crippen molar-refractivity contribution in [1.29, 1.82) is 0 Å². The van der Waals surface area contributed by atoms with Gasteiger partial charge in [-0.1, -0.05) is 0 Å². The third-order valence-electron chi connectivity index (χ3n) is 0. The van der Waals surface area contributed by atoms with E-state index in [1.54, 1.807) is 0 Å². The first-order chi connectivity index (χ1) is 0. The molecule has 0 unspecified atom stereocenters. The molecule has 0 fully saturated rings. The minimum absolute atomic E-state index is 0. The second kappa shape index (κ2) is 18.1. The summed E-state index contributed by atoms with van der Waals surface area (Å²) in [5.74, 6) is 0. The van der Waals surface area contributed by atoms with Crippen LogP contribution in [0.15, 0.2) is 0 Å². The largest absolute Gasteiger partial charge is 3.00 e. The van der Waals surface area contributed by atoms with Crippen LogP contribution in [-0.4, -0.2) is 0 Å². The van der Waals surface area contributed by atoms with Crippen LogP contribution in [0.4, 0.5) is 0 Å². The first-order valence-electron chi connectivity index (χ1n) is 0. The fourth-order valence-corrected chi connectivity index (χ4v) is 0. The molecule has 0 aromatic carbocycles. The average molecular weight is 289 g/mol. The molecule has 0 heterocycles. The van der Waals surface area contributed by atoms with E-state index >= 15 is 0 Å². The topological polar surface area (TPSA) is 0 Å². The Hall–Kier alpha value is 2.42. The van der Waals surface area contributed by atoms with E-state index in [0.717, 1.165) is 0 Å². The van der Waals surface area contributed by atoms with Crippen molar-refractivity contribution in [2.24, 2.45) is 0 Å². The molecule has 0 spiro atoms. The van der Waals surface area contributed by atoms with Gasteiger partial charge in [-0.25, -0.2) is 0 Å². The molecule has 0 N–H and O–H groups in total. The molecule has 27 valence electrons. The van der Waals surface area contributed by atoms with Gasteiger partial charge in [-0.05, 0) is 0 Å². The number of halogens is 1. The van der Waals surface area contributed by atoms with E-state index in [1.165, 1.54) is 0 Å². The molecule has 0 saturated heterocycles. The Bertz CT molecular complexity index is 8.00. The van der Waals surface area contributed by atoms with Crippen LogP contribution < -0.4 is 4.70 Å². The van der Waals surface area contributed by atoms with Crippen molar-refractivity contribution in [2.75, 3.05) is 0 Å². The fraction of sp³-hybridized carbons (Fsp3) is 0. The Kier molecular flexibility index (Phi) is 145. The Morgan fingerprint density at radius 2 is 1.00 bits per heavy atom. The van der Waals surface area contributed by atoms with Gasteiger partial charge >= 0.3 is 66.4 Å². The van der Waals surface area contributed by atoms with Crippen LogP contribution in [-0.2, 0) is 33.0 Å². The van der Waals surface area contributed by atoms with Crippen LogP contribution in [0.1, 0.15) is 0 Å². The van der Waals surface area contributed by atoms with E-state index in [-0.39, 0.29) is 84.6 Å². The van der Waals surface area contributed by atoms with Gasteiger partial charge in [-0.3, -0.25) is 0 Å². The molecule has 4 heteroatoms. The second-order valence-electron chi connectivity index (χ2n) is 0. The molecule has 4 heavy (non-hydrogen) atoms. The van der Waals surface area contributed by atoms with Crippen molar-refractivity contribution >= 4 is 13.5 Å². The van der Waals surface area contributed by atoms with Gasteiger partial charge in [-0.15, -0.1) is 0 Å². The Morgan fingerprint density at radius 3 is 1.00 bits per heavy atom. The number of hydrogen-bond donors (Lipinski definition) is 0. The van der Waals surface area contributed by atoms with E-state index < -0.39 is 0 Å². The van der Waals surface area contributed by atoms with Crippen LogP contribution in [0.5, 0.6) is 0 Å². The molecule has 0 aromatic heterocycles. The van der Waals surface area contributed by atoms with Gasteiger partial charge in [0.15, 0.2) is 0 Å². The maximum Gasteiger partial charge on any atom is 3.00 e. The maximum absolute atomic E-state index is 0. The molecule has 0 nitrogen and oxygen atoms in total. The summed E-state index contributed by atoms with van der Waals surface area (Å²) in [5, 5.41) is 0. The van der Waals surface area contributed by atoms with E-state index in [0.29, 0.717) is 0 Å². The zero-order chi connectivity index (χ0) is 0. The summed E-state index contributed by atoms with van der Waals surface area (Å²) in [7, 11) is 0. The second-order valence-corrected chi connectivity index (χ2v) is 0. The molecule has 0 saturated carbocycles. The van der Waals surface area contributed by atoms with Gasteiger partial charge in [0.05, 0.1) is 0 Å². The van der Waals surface area contributed by atoms with Crippen molar-refractivity contribution in [3.8, 4) is 0 Å². The van der Waals surface area contributed by atoms with Crippen LogP contribution in [0, 0.1) is 46.9 Å². The minimum Gasteiger partial charge on any atom is -2.00 e. The quantitative estimate of drug-likeness (QED) is 0.417. The monoisotopic (exact) mass is 289 g/mol.